The third-order valence-electron chi connectivity index (χ3n) is 2.98. The van der Waals surface area contributed by atoms with Crippen LogP contribution in [0.3, 0.4) is 0 Å². The molecule has 2 rings (SSSR count). The predicted molar refractivity (Wildman–Crippen MR) is 86.0 cm³/mol. The number of hydrogen-bond acceptors (Lipinski definition) is 6. The molecule has 1 aromatic carbocycles. The number of nitrogens with one attached hydrogen (secondary N) is 1. The van der Waals surface area contributed by atoms with Gasteiger partial charge in [-0.1, -0.05) is 0 Å². The summed E-state index contributed by atoms with van der Waals surface area (Å²) < 4.78 is 41.6. The first-order valence-corrected chi connectivity index (χ1v) is 7.40. The average Bonchev–Trinajstić information content (AvgIpc) is 3.09. The number of hydrogen-bond donors (Lipinski definition) is 1. The second-order valence-electron chi connectivity index (χ2n) is 5.10. The van der Waals surface area contributed by atoms with Crippen LogP contribution in [0.4, 0.5) is 13.2 Å². The summed E-state index contributed by atoms with van der Waals surface area (Å²) in [4.78, 5) is 20.2. The number of aromatic nitrogens is 2. The molecule has 1 amide bonds. The molecule has 0 aliphatic heterocycles. The minimum absolute atomic E-state index is 0.218. The van der Waals surface area contributed by atoms with E-state index in [-0.39, 0.29) is 23.9 Å². The van der Waals surface area contributed by atoms with E-state index in [0.29, 0.717) is 5.56 Å². The Balaban J connectivity index is 2.00. The molecular weight excluding hydrogens is 352 g/mol. The summed E-state index contributed by atoms with van der Waals surface area (Å²) >= 11 is 0. The van der Waals surface area contributed by atoms with Gasteiger partial charge in [0.2, 0.25) is 0 Å². The van der Waals surface area contributed by atoms with Gasteiger partial charge in [0.25, 0.3) is 0 Å². The number of carbonyl (C=O) groups is 1. The molecule has 26 heavy (non-hydrogen) atoms. The Hall–Kier alpha value is -2.98. The Bertz CT molecular complexity index is 790. The van der Waals surface area contributed by atoms with E-state index in [1.54, 1.807) is 6.92 Å². The summed E-state index contributed by atoms with van der Waals surface area (Å²) in [5, 5.41) is 9.60. The molecule has 1 N–H and O–H groups in total. The second-order valence-corrected chi connectivity index (χ2v) is 5.10. The quantitative estimate of drug-likeness (QED) is 0.352. The van der Waals surface area contributed by atoms with Crippen LogP contribution in [0.1, 0.15) is 23.2 Å². The van der Waals surface area contributed by atoms with Gasteiger partial charge in [0.05, 0.1) is 0 Å². The molecule has 0 aliphatic carbocycles. The van der Waals surface area contributed by atoms with Gasteiger partial charge in [-0.2, -0.15) is 0 Å². The molecule has 136 valence electrons. The van der Waals surface area contributed by atoms with Crippen molar-refractivity contribution in [2.75, 3.05) is 6.61 Å². The molecule has 0 saturated heterocycles. The zero-order valence-corrected chi connectivity index (χ0v) is 13.7. The molecule has 1 aromatic heterocycles. The second kappa shape index (κ2) is 8.41. The average molecular weight is 366 g/mol. The monoisotopic (exact) mass is 366 g/mol. The van der Waals surface area contributed by atoms with Crippen LogP contribution in [0.5, 0.6) is 0 Å². The normalized spacial score (nSPS) is 12.5. The van der Waals surface area contributed by atoms with Gasteiger partial charge in [-0.3, -0.25) is 0 Å². The van der Waals surface area contributed by atoms with E-state index >= 15 is 0 Å². The summed E-state index contributed by atoms with van der Waals surface area (Å²) in [7, 11) is 1.41. The summed E-state index contributed by atoms with van der Waals surface area (Å²) in [5.41, 5.74) is 0.591. The maximum atomic E-state index is 12.5. The third kappa shape index (κ3) is 5.26. The van der Waals surface area contributed by atoms with Crippen LogP contribution in [0.15, 0.2) is 46.5 Å². The van der Waals surface area contributed by atoms with Crippen molar-refractivity contribution in [2.45, 2.75) is 19.0 Å². The number of carbonyl (C=O) groups excluding carboxylic acids is 1. The van der Waals surface area contributed by atoms with E-state index in [2.05, 4.69) is 31.6 Å². The topological polar surface area (TPSA) is 89.6 Å². The van der Waals surface area contributed by atoms with Gasteiger partial charge in [-0.05, 0) is 0 Å². The van der Waals surface area contributed by atoms with Gasteiger partial charge in [0.15, 0.2) is 0 Å². The fraction of sp³-hybridized carbons (Fsp3) is 0.267. The van der Waals surface area contributed by atoms with Crippen molar-refractivity contribution in [1.82, 2.24) is 15.5 Å². The number of alkyl halides is 3. The Morgan fingerprint density at radius 3 is 2.73 bits per heavy atom. The molecule has 0 spiro atoms. The van der Waals surface area contributed by atoms with Crippen LogP contribution in [0.25, 0.3) is 11.4 Å². The molecule has 1 unspecified atom stereocenters. The van der Waals surface area contributed by atoms with Gasteiger partial charge in [-0.15, -0.1) is 0 Å². The van der Waals surface area contributed by atoms with Crippen molar-refractivity contribution in [3.8, 4) is 11.4 Å². The SMILES string of the molecule is C=CCO/N=B/C(C)NC(=O)c1ccc(-c2noc(C(F)(F)F)n2)cc1. The summed E-state index contributed by atoms with van der Waals surface area (Å²) in [5.74, 6) is -2.42. The fourth-order valence-corrected chi connectivity index (χ4v) is 1.78. The predicted octanol–water partition coefficient (Wildman–Crippen LogP) is 2.84. The molecule has 0 aliphatic rings. The van der Waals surface area contributed by atoms with E-state index in [0.717, 1.165) is 0 Å². The van der Waals surface area contributed by atoms with Gasteiger partial charge >= 0.3 is 146 Å². The van der Waals surface area contributed by atoms with Gasteiger partial charge < -0.3 is 0 Å². The molecular formula is C15H14BF3N4O3. The van der Waals surface area contributed by atoms with Crippen molar-refractivity contribution in [2.24, 2.45) is 5.06 Å². The van der Waals surface area contributed by atoms with E-state index in [9.17, 15) is 18.0 Å². The third-order valence-corrected chi connectivity index (χ3v) is 2.98. The molecule has 11 heteroatoms. The van der Waals surface area contributed by atoms with Crippen molar-refractivity contribution in [1.29, 1.82) is 0 Å². The summed E-state index contributed by atoms with van der Waals surface area (Å²) in [6, 6.07) is 5.72. The number of nitrogens with zero attached hydrogens (tertiary/aromatic N) is 3. The van der Waals surface area contributed by atoms with Crippen LogP contribution < -0.4 is 5.32 Å². The van der Waals surface area contributed by atoms with Crippen molar-refractivity contribution in [3.63, 3.8) is 0 Å². The fourth-order valence-electron chi connectivity index (χ4n) is 1.78. The number of amides is 1. The zero-order chi connectivity index (χ0) is 19.2. The Morgan fingerprint density at radius 2 is 2.15 bits per heavy atom. The van der Waals surface area contributed by atoms with Gasteiger partial charge in [0.1, 0.15) is 0 Å². The van der Waals surface area contributed by atoms with E-state index in [1.165, 1.54) is 37.4 Å². The summed E-state index contributed by atoms with van der Waals surface area (Å²) in [6.07, 6.45) is -3.18. The summed E-state index contributed by atoms with van der Waals surface area (Å²) in [6.45, 7) is 5.42. The van der Waals surface area contributed by atoms with Gasteiger partial charge in [0, 0.05) is 0 Å². The van der Waals surface area contributed by atoms with Crippen molar-refractivity contribution in [3.05, 3.63) is 48.4 Å². The number of benzene rings is 1. The molecule has 0 fully saturated rings. The van der Waals surface area contributed by atoms with E-state index < -0.39 is 18.0 Å². The van der Waals surface area contributed by atoms with Crippen molar-refractivity contribution >= 4 is 13.0 Å². The minimum atomic E-state index is -4.71. The van der Waals surface area contributed by atoms with Crippen molar-refractivity contribution < 1.29 is 27.3 Å². The molecule has 1 atom stereocenters. The number of halogens is 3. The Labute approximate surface area is 147 Å². The molecule has 0 saturated carbocycles. The van der Waals surface area contributed by atoms with Crippen LogP contribution in [0, 0.1) is 0 Å². The molecule has 7 nitrogen and oxygen atoms in total. The molecule has 0 bridgehead atoms. The van der Waals surface area contributed by atoms with Gasteiger partial charge in [-0.25, -0.2) is 0 Å². The van der Waals surface area contributed by atoms with Crippen LogP contribution in [-0.2, 0) is 11.0 Å². The van der Waals surface area contributed by atoms with E-state index in [4.69, 9.17) is 4.84 Å². The molecule has 2 aromatic rings. The van der Waals surface area contributed by atoms with Crippen LogP contribution in [0.2, 0.25) is 0 Å². The Morgan fingerprint density at radius 1 is 1.46 bits per heavy atom. The first kappa shape index (κ1) is 19.4. The first-order valence-electron chi connectivity index (χ1n) is 7.40. The van der Waals surface area contributed by atoms with Crippen LogP contribution >= 0.6 is 0 Å². The maximum absolute atomic E-state index is 12.5. The van der Waals surface area contributed by atoms with Crippen LogP contribution in [-0.4, -0.2) is 35.7 Å². The standard InChI is InChI=1S/C15H14BF3N4O3/c1-3-8-25-23-16-9(2)20-13(24)11-6-4-10(5-7-11)12-21-14(26-22-12)15(17,18)19/h3-7,9H,1,8H2,2H3,(H,20,24). The zero-order valence-electron chi connectivity index (χ0n) is 13.7. The number of rotatable bonds is 7. The molecule has 1 heterocycles. The Kier molecular flexibility index (Phi) is 6.26. The first-order chi connectivity index (χ1) is 12.3. The molecule has 0 radical (unpaired) electrons. The van der Waals surface area contributed by atoms with E-state index in [1.807, 2.05) is 0 Å².